The van der Waals surface area contributed by atoms with Gasteiger partial charge in [0.15, 0.2) is 0 Å². The van der Waals surface area contributed by atoms with Crippen LogP contribution in [0.5, 0.6) is 0 Å². The average molecular weight is 381 g/mol. The normalized spacial score (nSPS) is 11.2. The molecule has 0 heterocycles. The Kier molecular flexibility index (Phi) is 14.6. The number of carbonyl (C=O) groups excluding carboxylic acids is 2. The number of hydrogen-bond donors (Lipinski definition) is 2. The molecule has 0 atom stereocenters. The highest BCUT2D eigenvalue weighted by atomic mass is 35.5. The summed E-state index contributed by atoms with van der Waals surface area (Å²) in [6.45, 7) is 7.71. The van der Waals surface area contributed by atoms with Gasteiger partial charge >= 0.3 is 6.09 Å². The minimum Gasteiger partial charge on any atom is -0.444 e. The molecule has 8 heteroatoms. The minimum atomic E-state index is -0.612. The maximum Gasteiger partial charge on any atom is 0.408 e. The maximum atomic E-state index is 11.5. The number of alkyl carbamates (subject to hydrolysis) is 1. The molecule has 0 aliphatic carbocycles. The van der Waals surface area contributed by atoms with Crippen molar-refractivity contribution in [3.63, 3.8) is 0 Å². The van der Waals surface area contributed by atoms with Gasteiger partial charge in [-0.05, 0) is 33.6 Å². The Balaban J connectivity index is 3.34. The highest BCUT2D eigenvalue weighted by Crippen LogP contribution is 2.06. The Bertz CT molecular complexity index is 361. The molecule has 0 fully saturated rings. The van der Waals surface area contributed by atoms with Crippen LogP contribution in [0.4, 0.5) is 4.79 Å². The molecule has 0 radical (unpaired) electrons. The second kappa shape index (κ2) is 15.2. The topological polar surface area (TPSA) is 85.9 Å². The molecule has 0 bridgehead atoms. The van der Waals surface area contributed by atoms with Gasteiger partial charge in [-0.2, -0.15) is 0 Å². The zero-order chi connectivity index (χ0) is 19.0. The predicted molar refractivity (Wildman–Crippen MR) is 98.1 cm³/mol. The van der Waals surface area contributed by atoms with Gasteiger partial charge in [0.05, 0.1) is 26.4 Å². The third-order valence-corrected chi connectivity index (χ3v) is 3.17. The van der Waals surface area contributed by atoms with Crippen LogP contribution in [0.25, 0.3) is 0 Å². The Labute approximate surface area is 156 Å². The molecule has 2 N–H and O–H groups in total. The quantitative estimate of drug-likeness (QED) is 0.357. The van der Waals surface area contributed by atoms with Crippen molar-refractivity contribution in [1.29, 1.82) is 0 Å². The molecular weight excluding hydrogens is 348 g/mol. The first-order chi connectivity index (χ1) is 11.8. The minimum absolute atomic E-state index is 0.123. The van der Waals surface area contributed by atoms with Gasteiger partial charge in [0.1, 0.15) is 5.60 Å². The fraction of sp³-hybridized carbons (Fsp3) is 0.882. The van der Waals surface area contributed by atoms with E-state index < -0.39 is 11.7 Å². The summed E-state index contributed by atoms with van der Waals surface area (Å²) >= 11 is 5.60. The summed E-state index contributed by atoms with van der Waals surface area (Å²) < 4.78 is 15.8. The summed E-state index contributed by atoms with van der Waals surface area (Å²) in [7, 11) is 0. The molecule has 0 unspecified atom stereocenters. The van der Waals surface area contributed by atoms with Crippen LogP contribution < -0.4 is 10.6 Å². The first kappa shape index (κ1) is 23.9. The van der Waals surface area contributed by atoms with Crippen molar-refractivity contribution < 1.29 is 23.8 Å². The Morgan fingerprint density at radius 2 is 1.52 bits per heavy atom. The third kappa shape index (κ3) is 19.1. The lowest BCUT2D eigenvalue weighted by molar-refractivity contribution is -0.120. The number of alkyl halides is 1. The van der Waals surface area contributed by atoms with E-state index in [2.05, 4.69) is 10.6 Å². The second-order valence-corrected chi connectivity index (χ2v) is 6.91. The van der Waals surface area contributed by atoms with E-state index in [0.717, 1.165) is 38.2 Å². The fourth-order valence-electron chi connectivity index (χ4n) is 1.77. The lowest BCUT2D eigenvalue weighted by Crippen LogP contribution is -2.40. The summed E-state index contributed by atoms with van der Waals surface area (Å²) in [5.41, 5.74) is -0.583. The molecule has 0 spiro atoms. The van der Waals surface area contributed by atoms with Gasteiger partial charge in [-0.1, -0.05) is 12.8 Å². The zero-order valence-corrected chi connectivity index (χ0v) is 16.5. The molecule has 0 aromatic heterocycles. The molecule has 0 aromatic rings. The van der Waals surface area contributed by atoms with Gasteiger partial charge in [-0.15, -0.1) is 11.6 Å². The SMILES string of the molecule is CC(C)(C)OC(=O)NCC(=O)NCCOCCOCCCCCCCl. The molecule has 0 aliphatic rings. The number of carbonyl (C=O) groups is 2. The van der Waals surface area contributed by atoms with Crippen LogP contribution in [-0.2, 0) is 19.0 Å². The largest absolute Gasteiger partial charge is 0.444 e. The molecule has 0 saturated heterocycles. The molecule has 0 saturated carbocycles. The van der Waals surface area contributed by atoms with Crippen LogP contribution >= 0.6 is 11.6 Å². The molecule has 2 amide bonds. The van der Waals surface area contributed by atoms with Crippen LogP contribution in [0.1, 0.15) is 46.5 Å². The number of halogens is 1. The van der Waals surface area contributed by atoms with Gasteiger partial charge in [0.25, 0.3) is 0 Å². The van der Waals surface area contributed by atoms with Crippen molar-refractivity contribution >= 4 is 23.6 Å². The fourth-order valence-corrected chi connectivity index (χ4v) is 1.95. The van der Waals surface area contributed by atoms with E-state index in [4.69, 9.17) is 25.8 Å². The van der Waals surface area contributed by atoms with Crippen molar-refractivity contribution in [2.45, 2.75) is 52.1 Å². The van der Waals surface area contributed by atoms with E-state index >= 15 is 0 Å². The van der Waals surface area contributed by atoms with E-state index in [9.17, 15) is 9.59 Å². The summed E-state index contributed by atoms with van der Waals surface area (Å²) in [5.74, 6) is 0.435. The van der Waals surface area contributed by atoms with E-state index in [-0.39, 0.29) is 12.5 Å². The van der Waals surface area contributed by atoms with Gasteiger partial charge in [0.2, 0.25) is 5.91 Å². The summed E-state index contributed by atoms with van der Waals surface area (Å²) in [6, 6.07) is 0. The maximum absolute atomic E-state index is 11.5. The van der Waals surface area contributed by atoms with Gasteiger partial charge in [-0.25, -0.2) is 4.79 Å². The van der Waals surface area contributed by atoms with Crippen LogP contribution in [0.15, 0.2) is 0 Å². The van der Waals surface area contributed by atoms with Crippen LogP contribution in [0.3, 0.4) is 0 Å². The zero-order valence-electron chi connectivity index (χ0n) is 15.7. The third-order valence-electron chi connectivity index (χ3n) is 2.91. The van der Waals surface area contributed by atoms with E-state index in [1.165, 1.54) is 0 Å². The predicted octanol–water partition coefficient (Wildman–Crippen LogP) is 2.46. The smallest absolute Gasteiger partial charge is 0.408 e. The molecule has 7 nitrogen and oxygen atoms in total. The van der Waals surface area contributed by atoms with Gasteiger partial charge in [0, 0.05) is 19.0 Å². The molecule has 0 aromatic carbocycles. The Morgan fingerprint density at radius 1 is 0.880 bits per heavy atom. The van der Waals surface area contributed by atoms with Crippen molar-refractivity contribution in [3.05, 3.63) is 0 Å². The number of rotatable bonds is 14. The van der Waals surface area contributed by atoms with Gasteiger partial charge < -0.3 is 24.8 Å². The van der Waals surface area contributed by atoms with E-state index in [1.807, 2.05) is 0 Å². The highest BCUT2D eigenvalue weighted by Gasteiger charge is 2.16. The van der Waals surface area contributed by atoms with Crippen molar-refractivity contribution in [2.24, 2.45) is 0 Å². The first-order valence-corrected chi connectivity index (χ1v) is 9.33. The first-order valence-electron chi connectivity index (χ1n) is 8.80. The monoisotopic (exact) mass is 380 g/mol. The van der Waals surface area contributed by atoms with Crippen LogP contribution in [0.2, 0.25) is 0 Å². The van der Waals surface area contributed by atoms with Crippen LogP contribution in [-0.4, -0.2) is 63.0 Å². The number of hydrogen-bond acceptors (Lipinski definition) is 5. The number of amides is 2. The van der Waals surface area contributed by atoms with Crippen molar-refractivity contribution in [3.8, 4) is 0 Å². The Hall–Kier alpha value is -1.05. The number of ether oxygens (including phenoxy) is 3. The number of nitrogens with one attached hydrogen (secondary N) is 2. The summed E-state index contributed by atoms with van der Waals surface area (Å²) in [6.07, 6.45) is 3.77. The molecule has 148 valence electrons. The lowest BCUT2D eigenvalue weighted by atomic mass is 10.2. The van der Waals surface area contributed by atoms with Gasteiger partial charge in [-0.3, -0.25) is 4.79 Å². The summed E-state index contributed by atoms with van der Waals surface area (Å²) in [5, 5.41) is 5.04. The average Bonchev–Trinajstić information content (AvgIpc) is 2.52. The molecule has 0 aliphatic heterocycles. The lowest BCUT2D eigenvalue weighted by Gasteiger charge is -2.19. The van der Waals surface area contributed by atoms with Crippen LogP contribution in [0, 0.1) is 0 Å². The second-order valence-electron chi connectivity index (χ2n) is 6.53. The summed E-state index contributed by atoms with van der Waals surface area (Å²) in [4.78, 5) is 22.9. The van der Waals surface area contributed by atoms with E-state index in [0.29, 0.717) is 26.4 Å². The molecular formula is C17H33ClN2O5. The van der Waals surface area contributed by atoms with Crippen molar-refractivity contribution in [1.82, 2.24) is 10.6 Å². The highest BCUT2D eigenvalue weighted by molar-refractivity contribution is 6.17. The van der Waals surface area contributed by atoms with E-state index in [1.54, 1.807) is 20.8 Å². The Morgan fingerprint density at radius 3 is 2.16 bits per heavy atom. The standard InChI is InChI=1S/C17H33ClN2O5/c1-17(2,3)25-16(22)20-14-15(21)19-9-11-24-13-12-23-10-7-5-4-6-8-18/h4-14H2,1-3H3,(H,19,21)(H,20,22). The van der Waals surface area contributed by atoms with Crippen molar-refractivity contribution in [2.75, 3.05) is 45.4 Å². The molecule has 0 rings (SSSR count). The molecule has 25 heavy (non-hydrogen) atoms. The number of unbranched alkanes of at least 4 members (excludes halogenated alkanes) is 3.